The van der Waals surface area contributed by atoms with Crippen molar-refractivity contribution >= 4 is 45.3 Å². The van der Waals surface area contributed by atoms with E-state index < -0.39 is 0 Å². The Labute approximate surface area is 340 Å². The van der Waals surface area contributed by atoms with Crippen LogP contribution in [0.25, 0.3) is 21.8 Å². The van der Waals surface area contributed by atoms with Gasteiger partial charge in [-0.15, -0.1) is 0 Å². The molecule has 0 amide bonds. The second-order valence-electron chi connectivity index (χ2n) is 15.2. The van der Waals surface area contributed by atoms with Crippen molar-refractivity contribution in [2.75, 3.05) is 33.9 Å². The number of anilines is 4. The fourth-order valence-corrected chi connectivity index (χ4v) is 8.16. The van der Waals surface area contributed by atoms with Gasteiger partial charge in [0.2, 0.25) is 11.9 Å². The maximum atomic E-state index is 4.94. The molecule has 3 N–H and O–H groups in total. The Morgan fingerprint density at radius 1 is 0.483 bits per heavy atom. The molecular weight excluding hydrogens is 713 g/mol. The van der Waals surface area contributed by atoms with E-state index in [1.54, 1.807) is 0 Å². The highest BCUT2D eigenvalue weighted by Gasteiger charge is 2.24. The molecule has 0 bridgehead atoms. The molecule has 6 aromatic carbocycles. The molecule has 1 fully saturated rings. The van der Waals surface area contributed by atoms with Crippen LogP contribution in [0.5, 0.6) is 0 Å². The highest BCUT2D eigenvalue weighted by molar-refractivity contribution is 5.91. The van der Waals surface area contributed by atoms with Crippen molar-refractivity contribution in [3.05, 3.63) is 192 Å². The minimum Gasteiger partial charge on any atom is -0.365 e. The van der Waals surface area contributed by atoms with Crippen LogP contribution in [0.3, 0.4) is 0 Å². The van der Waals surface area contributed by atoms with Crippen molar-refractivity contribution in [3.8, 4) is 0 Å². The Morgan fingerprint density at radius 2 is 0.966 bits per heavy atom. The first-order chi connectivity index (χ1) is 28.7. The van der Waals surface area contributed by atoms with Crippen LogP contribution in [0, 0.1) is 0 Å². The number of hydrogen-bond acceptors (Lipinski definition) is 8. The summed E-state index contributed by atoms with van der Waals surface area (Å²) in [6, 6.07) is 57.1. The van der Waals surface area contributed by atoms with Gasteiger partial charge in [-0.3, -0.25) is 0 Å². The molecule has 8 heteroatoms. The highest BCUT2D eigenvalue weighted by Crippen LogP contribution is 2.32. The first kappa shape index (κ1) is 36.8. The van der Waals surface area contributed by atoms with E-state index in [-0.39, 0.29) is 0 Å². The zero-order valence-electron chi connectivity index (χ0n) is 32.6. The van der Waals surface area contributed by atoms with E-state index in [0.29, 0.717) is 17.9 Å². The highest BCUT2D eigenvalue weighted by atomic mass is 15.3. The van der Waals surface area contributed by atoms with E-state index in [4.69, 9.17) is 19.9 Å². The summed E-state index contributed by atoms with van der Waals surface area (Å²) in [4.78, 5) is 21.7. The third kappa shape index (κ3) is 8.76. The van der Waals surface area contributed by atoms with Gasteiger partial charge >= 0.3 is 0 Å². The van der Waals surface area contributed by atoms with Crippen LogP contribution in [-0.4, -0.2) is 39.1 Å². The van der Waals surface area contributed by atoms with Crippen LogP contribution in [0.4, 0.5) is 23.5 Å². The predicted octanol–water partition coefficient (Wildman–Crippen LogP) is 10.4. The zero-order chi connectivity index (χ0) is 38.9. The van der Waals surface area contributed by atoms with Crippen LogP contribution in [0.2, 0.25) is 0 Å². The number of para-hydroxylation sites is 2. The number of nitrogens with zero attached hydrogens (tertiary/aromatic N) is 5. The summed E-state index contributed by atoms with van der Waals surface area (Å²) in [5.41, 5.74) is 8.69. The lowest BCUT2D eigenvalue weighted by Crippen LogP contribution is -2.34. The molecule has 1 saturated heterocycles. The van der Waals surface area contributed by atoms with Gasteiger partial charge in [-0.1, -0.05) is 140 Å². The number of piperidine rings is 1. The first-order valence-corrected chi connectivity index (χ1v) is 20.4. The molecule has 8 nitrogen and oxygen atoms in total. The van der Waals surface area contributed by atoms with Crippen molar-refractivity contribution in [2.45, 2.75) is 50.7 Å². The van der Waals surface area contributed by atoms with Crippen molar-refractivity contribution in [3.63, 3.8) is 0 Å². The SMILES string of the molecule is c1ccc(CNc2nc(N3CCC(c4ccccc4)CC3)nc3ccccc23)cc1.c1ccc(CNc2nc(NC3Cc4ccccc4C3)nc3ccccc23)cc1. The van der Waals surface area contributed by atoms with Gasteiger partial charge in [0.05, 0.1) is 11.0 Å². The zero-order valence-corrected chi connectivity index (χ0v) is 32.6. The number of fused-ring (bicyclic) bond motifs is 3. The number of rotatable bonds is 10. The quantitative estimate of drug-likeness (QED) is 0.127. The second-order valence-corrected chi connectivity index (χ2v) is 15.2. The molecule has 0 spiro atoms. The molecule has 1 aliphatic heterocycles. The van der Waals surface area contributed by atoms with Crippen LogP contribution in [-0.2, 0) is 25.9 Å². The van der Waals surface area contributed by atoms with Crippen LogP contribution < -0.4 is 20.9 Å². The van der Waals surface area contributed by atoms with Crippen molar-refractivity contribution in [1.82, 2.24) is 19.9 Å². The third-order valence-corrected chi connectivity index (χ3v) is 11.2. The molecule has 2 aromatic heterocycles. The van der Waals surface area contributed by atoms with Crippen LogP contribution in [0.15, 0.2) is 164 Å². The predicted molar refractivity (Wildman–Crippen MR) is 239 cm³/mol. The Bertz CT molecular complexity index is 2550. The Balaban J connectivity index is 0.000000151. The summed E-state index contributed by atoms with van der Waals surface area (Å²) in [6.07, 6.45) is 4.29. The van der Waals surface area contributed by atoms with Crippen molar-refractivity contribution < 1.29 is 0 Å². The minimum absolute atomic E-state index is 0.334. The normalized spacial score (nSPS) is 14.1. The third-order valence-electron chi connectivity index (χ3n) is 11.2. The molecule has 0 atom stereocenters. The number of aromatic nitrogens is 4. The van der Waals surface area contributed by atoms with Gasteiger partial charge in [-0.25, -0.2) is 9.97 Å². The van der Waals surface area contributed by atoms with Gasteiger partial charge in [0.15, 0.2) is 0 Å². The fourth-order valence-electron chi connectivity index (χ4n) is 8.16. The standard InChI is InChI=1S/C26H26N4.C24H22N4/c1-3-9-20(10-4-1)19-27-25-23-13-7-8-14-24(23)28-26(29-25)30-17-15-22(16-18-30)21-11-5-2-6-12-21;1-2-8-17(9-3-1)16-25-23-21-12-6-7-13-22(21)27-24(28-23)26-20-14-18-10-4-5-11-19(18)15-20/h1-14,22H,15-19H2,(H,27,28,29);1-13,20H,14-16H2,(H2,25,26,27,28). The Kier molecular flexibility index (Phi) is 11.1. The maximum absolute atomic E-state index is 4.94. The Morgan fingerprint density at radius 3 is 1.55 bits per heavy atom. The topological polar surface area (TPSA) is 90.9 Å². The number of benzene rings is 6. The van der Waals surface area contributed by atoms with Gasteiger partial charge in [0.1, 0.15) is 11.6 Å². The van der Waals surface area contributed by atoms with E-state index in [1.807, 2.05) is 42.5 Å². The monoisotopic (exact) mass is 760 g/mol. The van der Waals surface area contributed by atoms with Gasteiger partial charge in [0, 0.05) is 43.0 Å². The van der Waals surface area contributed by atoms with Gasteiger partial charge in [-0.2, -0.15) is 9.97 Å². The summed E-state index contributed by atoms with van der Waals surface area (Å²) in [5, 5.41) is 12.7. The van der Waals surface area contributed by atoms with Crippen molar-refractivity contribution in [1.29, 1.82) is 0 Å². The molecule has 0 unspecified atom stereocenters. The van der Waals surface area contributed by atoms with Crippen LogP contribution >= 0.6 is 0 Å². The summed E-state index contributed by atoms with van der Waals surface area (Å²) < 4.78 is 0. The smallest absolute Gasteiger partial charge is 0.227 e. The minimum atomic E-state index is 0.334. The van der Waals surface area contributed by atoms with Crippen LogP contribution in [0.1, 0.15) is 46.6 Å². The molecule has 1 aliphatic carbocycles. The maximum Gasteiger partial charge on any atom is 0.227 e. The molecule has 58 heavy (non-hydrogen) atoms. The summed E-state index contributed by atoms with van der Waals surface area (Å²) in [7, 11) is 0. The molecule has 0 saturated carbocycles. The molecule has 8 aromatic rings. The van der Waals surface area contributed by atoms with E-state index >= 15 is 0 Å². The van der Waals surface area contributed by atoms with E-state index in [2.05, 4.69) is 142 Å². The fraction of sp³-hybridized carbons (Fsp3) is 0.200. The van der Waals surface area contributed by atoms with Crippen molar-refractivity contribution in [2.24, 2.45) is 0 Å². The molecule has 2 aliphatic rings. The van der Waals surface area contributed by atoms with Gasteiger partial charge in [-0.05, 0) is 83.7 Å². The van der Waals surface area contributed by atoms with E-state index in [9.17, 15) is 0 Å². The Hall–Kier alpha value is -6.80. The lowest BCUT2D eigenvalue weighted by molar-refractivity contribution is 0.500. The summed E-state index contributed by atoms with van der Waals surface area (Å²) in [5.74, 6) is 3.92. The van der Waals surface area contributed by atoms with Gasteiger partial charge in [0.25, 0.3) is 0 Å². The molecule has 0 radical (unpaired) electrons. The first-order valence-electron chi connectivity index (χ1n) is 20.4. The second kappa shape index (κ2) is 17.6. The molecular formula is C50H48N8. The van der Waals surface area contributed by atoms with E-state index in [1.165, 1.54) is 27.8 Å². The summed E-state index contributed by atoms with van der Waals surface area (Å²) in [6.45, 7) is 3.44. The number of hydrogen-bond donors (Lipinski definition) is 3. The van der Waals surface area contributed by atoms with Gasteiger partial charge < -0.3 is 20.9 Å². The lowest BCUT2D eigenvalue weighted by atomic mass is 9.90. The molecule has 10 rings (SSSR count). The number of nitrogens with one attached hydrogen (secondary N) is 3. The average molecular weight is 761 g/mol. The molecule has 288 valence electrons. The summed E-state index contributed by atoms with van der Waals surface area (Å²) >= 11 is 0. The lowest BCUT2D eigenvalue weighted by Gasteiger charge is -2.32. The van der Waals surface area contributed by atoms with E-state index in [0.717, 1.165) is 91.3 Å². The molecule has 3 heterocycles. The average Bonchev–Trinajstić information content (AvgIpc) is 3.71. The largest absolute Gasteiger partial charge is 0.365 e.